The maximum Gasteiger partial charge on any atom is 0.235 e. The Morgan fingerprint density at radius 3 is 1.75 bits per heavy atom. The van der Waals surface area contributed by atoms with E-state index in [1.165, 1.54) is 16.2 Å². The molecule has 0 bridgehead atoms. The normalized spacial score (nSPS) is 11.8. The third-order valence-electron chi connectivity index (χ3n) is 12.6. The van der Waals surface area contributed by atoms with Crippen LogP contribution in [0.25, 0.3) is 105 Å². The molecule has 10 aromatic carbocycles. The summed E-state index contributed by atoms with van der Waals surface area (Å²) in [7, 11) is 0. The highest BCUT2D eigenvalue weighted by atomic mass is 16.3. The highest BCUT2D eigenvalue weighted by Gasteiger charge is 2.23. The molecule has 13 aromatic rings. The summed E-state index contributed by atoms with van der Waals surface area (Å²) < 4.78 is 9.01. The van der Waals surface area contributed by atoms with E-state index in [-0.39, 0.29) is 0 Å². The second kappa shape index (κ2) is 14.0. The molecule has 0 aliphatic rings. The van der Waals surface area contributed by atoms with Gasteiger partial charge in [-0.2, -0.15) is 0 Å². The Morgan fingerprint density at radius 1 is 0.397 bits per heavy atom. The second-order valence-electron chi connectivity index (χ2n) is 16.1. The van der Waals surface area contributed by atoms with Crippen molar-refractivity contribution in [2.75, 3.05) is 4.90 Å². The van der Waals surface area contributed by atoms with Gasteiger partial charge in [-0.05, 0) is 105 Å². The van der Waals surface area contributed by atoms with Crippen LogP contribution in [0.15, 0.2) is 223 Å². The monoisotopic (exact) mass is 804 g/mol. The summed E-state index contributed by atoms with van der Waals surface area (Å²) in [5.41, 5.74) is 12.0. The number of hydrogen-bond donors (Lipinski definition) is 0. The van der Waals surface area contributed by atoms with Crippen LogP contribution in [0, 0.1) is 0 Å². The van der Waals surface area contributed by atoms with Crippen molar-refractivity contribution in [2.24, 2.45) is 0 Å². The zero-order valence-electron chi connectivity index (χ0n) is 34.0. The smallest absolute Gasteiger partial charge is 0.235 e. The predicted octanol–water partition coefficient (Wildman–Crippen LogP) is 15.7. The first kappa shape index (κ1) is 35.2. The van der Waals surface area contributed by atoms with Gasteiger partial charge in [-0.1, -0.05) is 146 Å². The minimum atomic E-state index is 0.607. The maximum absolute atomic E-state index is 6.76. The van der Waals surface area contributed by atoms with Crippen LogP contribution in [0.5, 0.6) is 0 Å². The van der Waals surface area contributed by atoms with E-state index in [1.807, 2.05) is 12.1 Å². The number of anilines is 3. The van der Waals surface area contributed by atoms with E-state index in [1.54, 1.807) is 0 Å². The lowest BCUT2D eigenvalue weighted by Gasteiger charge is -2.25. The fourth-order valence-electron chi connectivity index (χ4n) is 9.71. The van der Waals surface area contributed by atoms with Gasteiger partial charge >= 0.3 is 0 Å². The summed E-state index contributed by atoms with van der Waals surface area (Å²) >= 11 is 0. The molecule has 3 aromatic heterocycles. The second-order valence-corrected chi connectivity index (χ2v) is 16.1. The van der Waals surface area contributed by atoms with Crippen molar-refractivity contribution in [3.63, 3.8) is 0 Å². The van der Waals surface area contributed by atoms with E-state index in [9.17, 15) is 0 Å². The van der Waals surface area contributed by atoms with Gasteiger partial charge in [-0.3, -0.25) is 4.57 Å². The van der Waals surface area contributed by atoms with Gasteiger partial charge < -0.3 is 9.32 Å². The molecule has 0 atom stereocenters. The van der Waals surface area contributed by atoms with E-state index in [0.29, 0.717) is 5.95 Å². The molecule has 3 heterocycles. The Hall–Kier alpha value is -8.54. The van der Waals surface area contributed by atoms with Crippen LogP contribution >= 0.6 is 0 Å². The molecule has 5 heteroatoms. The van der Waals surface area contributed by atoms with Crippen molar-refractivity contribution >= 4 is 93.3 Å². The Balaban J connectivity index is 1.02. The lowest BCUT2D eigenvalue weighted by Crippen LogP contribution is -2.09. The average Bonchev–Trinajstić information content (AvgIpc) is 3.91. The minimum Gasteiger partial charge on any atom is -0.455 e. The van der Waals surface area contributed by atoms with Crippen LogP contribution in [0.1, 0.15) is 0 Å². The summed E-state index contributed by atoms with van der Waals surface area (Å²) in [5, 5.41) is 10.1. The Kier molecular flexibility index (Phi) is 7.84. The van der Waals surface area contributed by atoms with Crippen molar-refractivity contribution in [3.8, 4) is 28.3 Å². The molecule has 294 valence electrons. The first-order valence-corrected chi connectivity index (χ1v) is 21.3. The Morgan fingerprint density at radius 2 is 0.984 bits per heavy atom. The lowest BCUT2D eigenvalue weighted by atomic mass is 9.97. The summed E-state index contributed by atoms with van der Waals surface area (Å²) in [5.74, 6) is 0.607. The number of para-hydroxylation sites is 4. The number of fused-ring (bicyclic) bond motifs is 11. The molecule has 13 rings (SSSR count). The van der Waals surface area contributed by atoms with Gasteiger partial charge in [0.05, 0.1) is 22.2 Å². The summed E-state index contributed by atoms with van der Waals surface area (Å²) in [6, 6.07) is 77.2. The molecule has 0 fully saturated rings. The Labute approximate surface area is 362 Å². The highest BCUT2D eigenvalue weighted by Crippen LogP contribution is 2.44. The zero-order valence-corrected chi connectivity index (χ0v) is 34.0. The largest absolute Gasteiger partial charge is 0.455 e. The fraction of sp³-hybridized carbons (Fsp3) is 0. The minimum absolute atomic E-state index is 0.607. The standard InChI is InChI=1S/C58H36N4O/c1-3-17-41(18-4-1)61(42-19-5-2-6-20-42)43-31-27-37(28-32-43)39-30-33-51-48(35-39)54-44-21-9-7-15-38(44)29-34-52(54)62(51)58-59-50-25-13-11-23-46(50)56(60-58)49-36-40-16-8-10-22-45(40)55-47-24-12-14-26-53(47)63-57(49)55/h1-36H. The van der Waals surface area contributed by atoms with Crippen LogP contribution in [0.2, 0.25) is 0 Å². The molecule has 0 amide bonds. The first-order valence-electron chi connectivity index (χ1n) is 21.3. The van der Waals surface area contributed by atoms with Gasteiger partial charge in [-0.15, -0.1) is 0 Å². The first-order chi connectivity index (χ1) is 31.2. The van der Waals surface area contributed by atoms with E-state index in [2.05, 4.69) is 216 Å². The van der Waals surface area contributed by atoms with Gasteiger partial charge in [0.15, 0.2) is 0 Å². The highest BCUT2D eigenvalue weighted by molar-refractivity contribution is 6.24. The zero-order chi connectivity index (χ0) is 41.4. The molecule has 0 aliphatic heterocycles. The quantitative estimate of drug-likeness (QED) is 0.168. The Bertz CT molecular complexity index is 3870. The molecule has 0 saturated heterocycles. The van der Waals surface area contributed by atoms with Gasteiger partial charge in [0.25, 0.3) is 0 Å². The molecule has 0 unspecified atom stereocenters. The maximum atomic E-state index is 6.76. The van der Waals surface area contributed by atoms with Crippen LogP contribution in [-0.2, 0) is 0 Å². The van der Waals surface area contributed by atoms with Gasteiger partial charge in [0.1, 0.15) is 11.2 Å². The van der Waals surface area contributed by atoms with Gasteiger partial charge in [0, 0.05) is 49.6 Å². The van der Waals surface area contributed by atoms with Crippen LogP contribution in [0.3, 0.4) is 0 Å². The van der Waals surface area contributed by atoms with Crippen molar-refractivity contribution in [1.29, 1.82) is 0 Å². The molecule has 0 aliphatic carbocycles. The van der Waals surface area contributed by atoms with Crippen LogP contribution in [-0.4, -0.2) is 14.5 Å². The van der Waals surface area contributed by atoms with Crippen LogP contribution in [0.4, 0.5) is 17.1 Å². The lowest BCUT2D eigenvalue weighted by molar-refractivity contribution is 0.670. The van der Waals surface area contributed by atoms with E-state index in [4.69, 9.17) is 14.4 Å². The topological polar surface area (TPSA) is 47.1 Å². The molecule has 0 N–H and O–H groups in total. The average molecular weight is 805 g/mol. The number of nitrogens with zero attached hydrogens (tertiary/aromatic N) is 4. The van der Waals surface area contributed by atoms with Crippen molar-refractivity contribution < 1.29 is 4.42 Å². The third-order valence-corrected chi connectivity index (χ3v) is 12.6. The fourth-order valence-corrected chi connectivity index (χ4v) is 9.71. The number of rotatable bonds is 6. The molecular formula is C58H36N4O. The molecule has 5 nitrogen and oxygen atoms in total. The summed E-state index contributed by atoms with van der Waals surface area (Å²) in [6.45, 7) is 0. The molecule has 0 saturated carbocycles. The van der Waals surface area contributed by atoms with Crippen molar-refractivity contribution in [3.05, 3.63) is 218 Å². The summed E-state index contributed by atoms with van der Waals surface area (Å²) in [6.07, 6.45) is 0. The van der Waals surface area contributed by atoms with Gasteiger partial charge in [0.2, 0.25) is 5.95 Å². The van der Waals surface area contributed by atoms with Gasteiger partial charge in [-0.25, -0.2) is 9.97 Å². The number of furan rings is 1. The molecular weight excluding hydrogens is 769 g/mol. The predicted molar refractivity (Wildman–Crippen MR) is 262 cm³/mol. The molecule has 0 radical (unpaired) electrons. The van der Waals surface area contributed by atoms with E-state index >= 15 is 0 Å². The molecule has 63 heavy (non-hydrogen) atoms. The van der Waals surface area contributed by atoms with Crippen molar-refractivity contribution in [2.45, 2.75) is 0 Å². The van der Waals surface area contributed by atoms with E-state index < -0.39 is 0 Å². The van der Waals surface area contributed by atoms with Crippen LogP contribution < -0.4 is 4.90 Å². The van der Waals surface area contributed by atoms with E-state index in [0.717, 1.165) is 99.5 Å². The SMILES string of the molecule is c1ccc(N(c2ccccc2)c2ccc(-c3ccc4c(c3)c3c5ccccc5ccc3n4-c3nc(-c4cc5ccccc5c5c4oc4ccccc45)c4ccccc4n3)cc2)cc1. The summed E-state index contributed by atoms with van der Waals surface area (Å²) in [4.78, 5) is 13.2. The number of hydrogen-bond acceptors (Lipinski definition) is 4. The van der Waals surface area contributed by atoms with Crippen molar-refractivity contribution in [1.82, 2.24) is 14.5 Å². The molecule has 0 spiro atoms. The number of aromatic nitrogens is 3. The number of benzene rings is 10. The third kappa shape index (κ3) is 5.57.